The van der Waals surface area contributed by atoms with E-state index in [2.05, 4.69) is 62.3 Å². The van der Waals surface area contributed by atoms with Crippen molar-refractivity contribution >= 4 is 11.7 Å². The van der Waals surface area contributed by atoms with Crippen molar-refractivity contribution in [3.05, 3.63) is 41.8 Å². The normalized spacial score (nSPS) is 11.7. The molecular formula is C16H23N3O. The first-order valence-corrected chi connectivity index (χ1v) is 6.85. The van der Waals surface area contributed by atoms with Gasteiger partial charge in [0.1, 0.15) is 6.26 Å². The van der Waals surface area contributed by atoms with E-state index >= 15 is 0 Å². The van der Waals surface area contributed by atoms with Crippen molar-refractivity contribution in [2.75, 3.05) is 11.9 Å². The fraction of sp³-hybridized carbons (Fsp3) is 0.438. The van der Waals surface area contributed by atoms with Crippen LogP contribution in [0.4, 0.5) is 11.7 Å². The van der Waals surface area contributed by atoms with Gasteiger partial charge in [0.15, 0.2) is 0 Å². The number of nitrogens with one attached hydrogen (secondary N) is 1. The highest BCUT2D eigenvalue weighted by Crippen LogP contribution is 2.23. The third kappa shape index (κ3) is 3.84. The number of aromatic nitrogens is 1. The first-order valence-electron chi connectivity index (χ1n) is 6.85. The molecule has 0 atom stereocenters. The average molecular weight is 273 g/mol. The van der Waals surface area contributed by atoms with Gasteiger partial charge in [-0.3, -0.25) is 4.90 Å². The number of oxazole rings is 1. The topological polar surface area (TPSA) is 41.3 Å². The van der Waals surface area contributed by atoms with Gasteiger partial charge in [-0.25, -0.2) is 0 Å². The molecule has 0 aliphatic rings. The van der Waals surface area contributed by atoms with Crippen molar-refractivity contribution in [2.45, 2.75) is 39.8 Å². The number of rotatable bonds is 4. The Morgan fingerprint density at radius 3 is 2.45 bits per heavy atom. The third-order valence-electron chi connectivity index (χ3n) is 3.05. The van der Waals surface area contributed by atoms with Gasteiger partial charge in [-0.15, -0.1) is 0 Å². The first kappa shape index (κ1) is 14.6. The van der Waals surface area contributed by atoms with E-state index in [-0.39, 0.29) is 5.54 Å². The summed E-state index contributed by atoms with van der Waals surface area (Å²) in [6.07, 6.45) is 1.71. The third-order valence-corrected chi connectivity index (χ3v) is 3.05. The molecule has 0 spiro atoms. The number of nitrogens with zero attached hydrogens (tertiary/aromatic N) is 2. The minimum absolute atomic E-state index is 0.0714. The Morgan fingerprint density at radius 2 is 1.85 bits per heavy atom. The molecular weight excluding hydrogens is 250 g/mol. The zero-order chi connectivity index (χ0) is 14.8. The summed E-state index contributed by atoms with van der Waals surface area (Å²) in [4.78, 5) is 6.45. The number of aryl methyl sites for hydroxylation is 1. The van der Waals surface area contributed by atoms with E-state index < -0.39 is 0 Å². The predicted molar refractivity (Wildman–Crippen MR) is 82.3 cm³/mol. The lowest BCUT2D eigenvalue weighted by Gasteiger charge is -2.19. The molecule has 0 bridgehead atoms. The van der Waals surface area contributed by atoms with Crippen LogP contribution in [0.3, 0.4) is 0 Å². The molecule has 4 heteroatoms. The second-order valence-electron chi connectivity index (χ2n) is 6.12. The SMILES string of the molecule is Cc1ccc(N(C)c2nc(CNC(C)(C)C)co2)cc1. The maximum atomic E-state index is 5.55. The lowest BCUT2D eigenvalue weighted by atomic mass is 10.1. The summed E-state index contributed by atoms with van der Waals surface area (Å²) in [6.45, 7) is 9.17. The molecule has 4 nitrogen and oxygen atoms in total. The molecule has 2 aromatic rings. The van der Waals surface area contributed by atoms with Gasteiger partial charge >= 0.3 is 6.01 Å². The fourth-order valence-corrected chi connectivity index (χ4v) is 1.77. The highest BCUT2D eigenvalue weighted by Gasteiger charge is 2.13. The van der Waals surface area contributed by atoms with E-state index in [1.807, 2.05) is 11.9 Å². The number of benzene rings is 1. The molecule has 1 aromatic carbocycles. The Hall–Kier alpha value is -1.81. The van der Waals surface area contributed by atoms with Crippen LogP contribution in [0.2, 0.25) is 0 Å². The van der Waals surface area contributed by atoms with E-state index in [0.29, 0.717) is 12.6 Å². The van der Waals surface area contributed by atoms with Gasteiger partial charge in [0.25, 0.3) is 0 Å². The molecule has 0 aliphatic carbocycles. The number of hydrogen-bond donors (Lipinski definition) is 1. The summed E-state index contributed by atoms with van der Waals surface area (Å²) < 4.78 is 5.55. The predicted octanol–water partition coefficient (Wildman–Crippen LogP) is 3.64. The average Bonchev–Trinajstić information content (AvgIpc) is 2.84. The van der Waals surface area contributed by atoms with Gasteiger partial charge in [0, 0.05) is 24.8 Å². The van der Waals surface area contributed by atoms with Crippen LogP contribution in [0.5, 0.6) is 0 Å². The molecule has 1 aromatic heterocycles. The van der Waals surface area contributed by atoms with Crippen molar-refractivity contribution in [1.29, 1.82) is 0 Å². The van der Waals surface area contributed by atoms with Crippen molar-refractivity contribution in [2.24, 2.45) is 0 Å². The smallest absolute Gasteiger partial charge is 0.301 e. The zero-order valence-corrected chi connectivity index (χ0v) is 12.9. The van der Waals surface area contributed by atoms with E-state index in [1.165, 1.54) is 5.56 Å². The molecule has 0 saturated carbocycles. The quantitative estimate of drug-likeness (QED) is 0.923. The van der Waals surface area contributed by atoms with Gasteiger partial charge in [-0.05, 0) is 39.8 Å². The summed E-state index contributed by atoms with van der Waals surface area (Å²) in [6, 6.07) is 8.90. The van der Waals surface area contributed by atoms with Gasteiger partial charge in [-0.1, -0.05) is 17.7 Å². The Kier molecular flexibility index (Phi) is 4.14. The van der Waals surface area contributed by atoms with Crippen LogP contribution in [0.1, 0.15) is 32.0 Å². The molecule has 0 radical (unpaired) electrons. The molecule has 0 unspecified atom stereocenters. The minimum atomic E-state index is 0.0714. The molecule has 1 heterocycles. The summed E-state index contributed by atoms with van der Waals surface area (Å²) in [5.41, 5.74) is 3.29. The second-order valence-corrected chi connectivity index (χ2v) is 6.12. The lowest BCUT2D eigenvalue weighted by Crippen LogP contribution is -2.35. The zero-order valence-electron chi connectivity index (χ0n) is 12.9. The maximum Gasteiger partial charge on any atom is 0.301 e. The molecule has 1 N–H and O–H groups in total. The van der Waals surface area contributed by atoms with Crippen LogP contribution in [0, 0.1) is 6.92 Å². The van der Waals surface area contributed by atoms with Gasteiger partial charge in [0.2, 0.25) is 0 Å². The molecule has 0 aliphatic heterocycles. The Bertz CT molecular complexity index is 552. The largest absolute Gasteiger partial charge is 0.431 e. The molecule has 0 amide bonds. The van der Waals surface area contributed by atoms with E-state index in [4.69, 9.17) is 4.42 Å². The Balaban J connectivity index is 2.06. The lowest BCUT2D eigenvalue weighted by molar-refractivity contribution is 0.421. The highest BCUT2D eigenvalue weighted by atomic mass is 16.4. The van der Waals surface area contributed by atoms with Gasteiger partial charge in [0.05, 0.1) is 5.69 Å². The Morgan fingerprint density at radius 1 is 1.20 bits per heavy atom. The van der Waals surface area contributed by atoms with Crippen LogP contribution in [0.25, 0.3) is 0 Å². The van der Waals surface area contributed by atoms with Crippen LogP contribution in [-0.2, 0) is 6.54 Å². The van der Waals surface area contributed by atoms with Crippen LogP contribution >= 0.6 is 0 Å². The Labute approximate surface area is 120 Å². The molecule has 0 saturated heterocycles. The maximum absolute atomic E-state index is 5.55. The highest BCUT2D eigenvalue weighted by molar-refractivity contribution is 5.55. The summed E-state index contributed by atoms with van der Waals surface area (Å²) in [5, 5.41) is 3.40. The van der Waals surface area contributed by atoms with Crippen LogP contribution < -0.4 is 10.2 Å². The van der Waals surface area contributed by atoms with Crippen molar-refractivity contribution < 1.29 is 4.42 Å². The molecule has 2 rings (SSSR count). The van der Waals surface area contributed by atoms with Crippen molar-refractivity contribution in [1.82, 2.24) is 10.3 Å². The van der Waals surface area contributed by atoms with E-state index in [1.54, 1.807) is 6.26 Å². The van der Waals surface area contributed by atoms with Crippen LogP contribution in [0.15, 0.2) is 34.9 Å². The summed E-state index contributed by atoms with van der Waals surface area (Å²) in [5.74, 6) is 0. The van der Waals surface area contributed by atoms with Crippen molar-refractivity contribution in [3.8, 4) is 0 Å². The molecule has 108 valence electrons. The molecule has 0 fully saturated rings. The van der Waals surface area contributed by atoms with Gasteiger partial charge < -0.3 is 9.73 Å². The minimum Gasteiger partial charge on any atom is -0.431 e. The summed E-state index contributed by atoms with van der Waals surface area (Å²) >= 11 is 0. The number of hydrogen-bond acceptors (Lipinski definition) is 4. The van der Waals surface area contributed by atoms with Gasteiger partial charge in [-0.2, -0.15) is 4.98 Å². The van der Waals surface area contributed by atoms with E-state index in [9.17, 15) is 0 Å². The molecule has 20 heavy (non-hydrogen) atoms. The van der Waals surface area contributed by atoms with Crippen molar-refractivity contribution in [3.63, 3.8) is 0 Å². The van der Waals surface area contributed by atoms with E-state index in [0.717, 1.165) is 11.4 Å². The number of anilines is 2. The standard InChI is InChI=1S/C16H23N3O/c1-12-6-8-14(9-7-12)19(5)15-18-13(11-20-15)10-17-16(2,3)4/h6-9,11,17H,10H2,1-5H3. The monoisotopic (exact) mass is 273 g/mol. The van der Waals surface area contributed by atoms with Crippen LogP contribution in [-0.4, -0.2) is 17.6 Å². The first-order chi connectivity index (χ1) is 9.35. The summed E-state index contributed by atoms with van der Waals surface area (Å²) in [7, 11) is 1.96. The fourth-order valence-electron chi connectivity index (χ4n) is 1.77. The second kappa shape index (κ2) is 5.67.